The van der Waals surface area contributed by atoms with Crippen LogP contribution in [0.15, 0.2) is 36.5 Å². The monoisotopic (exact) mass is 297 g/mol. The Balaban J connectivity index is 1.99. The molecule has 1 heterocycles. The van der Waals surface area contributed by atoms with Crippen LogP contribution >= 0.6 is 0 Å². The number of nitrogens with zero attached hydrogens (tertiary/aromatic N) is 2. The number of benzene rings is 1. The Morgan fingerprint density at radius 3 is 2.62 bits per heavy atom. The molecule has 1 N–H and O–H groups in total. The first-order valence-electron chi connectivity index (χ1n) is 6.89. The van der Waals surface area contributed by atoms with Gasteiger partial charge in [-0.2, -0.15) is 18.3 Å². The van der Waals surface area contributed by atoms with Gasteiger partial charge < -0.3 is 5.32 Å². The molecule has 1 aromatic heterocycles. The zero-order chi connectivity index (χ0) is 15.3. The van der Waals surface area contributed by atoms with Crippen LogP contribution in [0, 0.1) is 0 Å². The van der Waals surface area contributed by atoms with Crippen molar-refractivity contribution in [1.82, 2.24) is 15.1 Å². The Hall–Kier alpha value is -1.82. The molecule has 3 nitrogen and oxygen atoms in total. The summed E-state index contributed by atoms with van der Waals surface area (Å²) in [4.78, 5) is 0. The quantitative estimate of drug-likeness (QED) is 0.883. The van der Waals surface area contributed by atoms with Gasteiger partial charge in [-0.15, -0.1) is 0 Å². The van der Waals surface area contributed by atoms with Crippen molar-refractivity contribution in [3.8, 4) is 0 Å². The van der Waals surface area contributed by atoms with Gasteiger partial charge in [-0.3, -0.25) is 4.68 Å². The minimum Gasteiger partial charge on any atom is -0.307 e. The van der Waals surface area contributed by atoms with E-state index in [1.165, 1.54) is 12.1 Å². The first-order valence-corrected chi connectivity index (χ1v) is 6.89. The summed E-state index contributed by atoms with van der Waals surface area (Å²) in [6.45, 7) is 3.53. The number of nitrogens with one attached hydrogen (secondary N) is 1. The van der Waals surface area contributed by atoms with Crippen molar-refractivity contribution in [2.75, 3.05) is 0 Å². The maximum absolute atomic E-state index is 12.9. The molecular formula is C15H18F3N3. The van der Waals surface area contributed by atoms with Gasteiger partial charge >= 0.3 is 6.18 Å². The Labute approximate surface area is 121 Å². The molecule has 0 spiro atoms. The Bertz CT molecular complexity index is 576. The lowest BCUT2D eigenvalue weighted by Gasteiger charge is -2.13. The Kier molecular flexibility index (Phi) is 5.01. The molecular weight excluding hydrogens is 279 g/mol. The van der Waals surface area contributed by atoms with Gasteiger partial charge in [-0.25, -0.2) is 0 Å². The highest BCUT2D eigenvalue weighted by Crippen LogP contribution is 2.31. The van der Waals surface area contributed by atoms with Crippen LogP contribution in [0.25, 0.3) is 0 Å². The third-order valence-electron chi connectivity index (χ3n) is 3.18. The van der Waals surface area contributed by atoms with Gasteiger partial charge in [-0.05, 0) is 24.1 Å². The summed E-state index contributed by atoms with van der Waals surface area (Å²) in [5, 5.41) is 7.24. The lowest BCUT2D eigenvalue weighted by atomic mass is 10.1. The van der Waals surface area contributed by atoms with E-state index < -0.39 is 11.7 Å². The van der Waals surface area contributed by atoms with Crippen molar-refractivity contribution in [3.63, 3.8) is 0 Å². The molecule has 0 aliphatic rings. The molecule has 0 aliphatic heterocycles. The van der Waals surface area contributed by atoms with Gasteiger partial charge in [0, 0.05) is 25.8 Å². The summed E-state index contributed by atoms with van der Waals surface area (Å²) in [6, 6.07) is 7.51. The predicted molar refractivity (Wildman–Crippen MR) is 74.5 cm³/mol. The van der Waals surface area contributed by atoms with Crippen LogP contribution in [0.3, 0.4) is 0 Å². The van der Waals surface area contributed by atoms with Gasteiger partial charge in [0.05, 0.1) is 11.3 Å². The van der Waals surface area contributed by atoms with Crippen molar-refractivity contribution >= 4 is 0 Å². The standard InChI is InChI=1S/C15H18F3N3/c1-2-9-21-13(7-8-20-21)11-19-10-12-5-3-4-6-14(12)15(16,17)18/h3-8,19H,2,9-11H2,1H3. The van der Waals surface area contributed by atoms with Crippen LogP contribution in [-0.4, -0.2) is 9.78 Å². The molecule has 0 unspecified atom stereocenters. The summed E-state index contributed by atoms with van der Waals surface area (Å²) >= 11 is 0. The number of aryl methyl sites for hydroxylation is 1. The van der Waals surface area contributed by atoms with Gasteiger partial charge in [0.1, 0.15) is 0 Å². The number of halogens is 3. The van der Waals surface area contributed by atoms with Crippen molar-refractivity contribution in [2.24, 2.45) is 0 Å². The molecule has 1 aromatic carbocycles. The van der Waals surface area contributed by atoms with Crippen LogP contribution in [0.4, 0.5) is 13.2 Å². The molecule has 0 saturated heterocycles. The summed E-state index contributed by atoms with van der Waals surface area (Å²) in [5.74, 6) is 0. The molecule has 114 valence electrons. The highest BCUT2D eigenvalue weighted by molar-refractivity contribution is 5.29. The molecule has 21 heavy (non-hydrogen) atoms. The number of alkyl halides is 3. The van der Waals surface area contributed by atoms with E-state index >= 15 is 0 Å². The molecule has 6 heteroatoms. The average molecular weight is 297 g/mol. The lowest BCUT2D eigenvalue weighted by Crippen LogP contribution is -2.19. The smallest absolute Gasteiger partial charge is 0.307 e. The van der Waals surface area contributed by atoms with Crippen LogP contribution < -0.4 is 5.32 Å². The largest absolute Gasteiger partial charge is 0.416 e. The Morgan fingerprint density at radius 1 is 1.14 bits per heavy atom. The number of rotatable bonds is 6. The normalized spacial score (nSPS) is 11.8. The minimum absolute atomic E-state index is 0.174. The van der Waals surface area contributed by atoms with E-state index in [1.54, 1.807) is 12.3 Å². The fraction of sp³-hybridized carbons (Fsp3) is 0.400. The van der Waals surface area contributed by atoms with Gasteiger partial charge in [0.25, 0.3) is 0 Å². The van der Waals surface area contributed by atoms with Gasteiger partial charge in [0.2, 0.25) is 0 Å². The predicted octanol–water partition coefficient (Wildman–Crippen LogP) is 3.60. The first-order chi connectivity index (χ1) is 10.0. The van der Waals surface area contributed by atoms with Crippen LogP contribution in [0.1, 0.15) is 30.2 Å². The highest BCUT2D eigenvalue weighted by Gasteiger charge is 2.32. The lowest BCUT2D eigenvalue weighted by molar-refractivity contribution is -0.138. The third-order valence-corrected chi connectivity index (χ3v) is 3.18. The van der Waals surface area contributed by atoms with E-state index in [2.05, 4.69) is 17.3 Å². The van der Waals surface area contributed by atoms with Crippen molar-refractivity contribution in [3.05, 3.63) is 53.3 Å². The van der Waals surface area contributed by atoms with Crippen molar-refractivity contribution in [1.29, 1.82) is 0 Å². The first kappa shape index (κ1) is 15.6. The highest BCUT2D eigenvalue weighted by atomic mass is 19.4. The number of hydrogen-bond donors (Lipinski definition) is 1. The minimum atomic E-state index is -4.32. The molecule has 0 radical (unpaired) electrons. The van der Waals surface area contributed by atoms with Crippen LogP contribution in [0.2, 0.25) is 0 Å². The second-order valence-corrected chi connectivity index (χ2v) is 4.80. The maximum atomic E-state index is 12.9. The number of hydrogen-bond acceptors (Lipinski definition) is 2. The van der Waals surface area contributed by atoms with E-state index in [1.807, 2.05) is 10.7 Å². The molecule has 0 fully saturated rings. The average Bonchev–Trinajstić information content (AvgIpc) is 2.86. The van der Waals surface area contributed by atoms with Crippen molar-refractivity contribution < 1.29 is 13.2 Å². The molecule has 0 saturated carbocycles. The summed E-state index contributed by atoms with van der Waals surface area (Å²) in [6.07, 6.45) is -1.65. The topological polar surface area (TPSA) is 29.9 Å². The second kappa shape index (κ2) is 6.76. The second-order valence-electron chi connectivity index (χ2n) is 4.80. The molecule has 0 amide bonds. The number of aromatic nitrogens is 2. The maximum Gasteiger partial charge on any atom is 0.416 e. The zero-order valence-corrected chi connectivity index (χ0v) is 11.8. The Morgan fingerprint density at radius 2 is 1.90 bits per heavy atom. The molecule has 0 bridgehead atoms. The molecule has 0 atom stereocenters. The summed E-state index contributed by atoms with van der Waals surface area (Å²) in [7, 11) is 0. The van der Waals surface area contributed by atoms with Gasteiger partial charge in [-0.1, -0.05) is 25.1 Å². The summed E-state index contributed by atoms with van der Waals surface area (Å²) < 4.78 is 40.5. The molecule has 2 aromatic rings. The van der Waals surface area contributed by atoms with E-state index in [0.717, 1.165) is 24.7 Å². The van der Waals surface area contributed by atoms with E-state index in [9.17, 15) is 13.2 Å². The fourth-order valence-electron chi connectivity index (χ4n) is 2.20. The molecule has 0 aliphatic carbocycles. The SMILES string of the molecule is CCCn1nccc1CNCc1ccccc1C(F)(F)F. The van der Waals surface area contributed by atoms with E-state index in [0.29, 0.717) is 6.54 Å². The zero-order valence-electron chi connectivity index (χ0n) is 11.8. The van der Waals surface area contributed by atoms with E-state index in [4.69, 9.17) is 0 Å². The summed E-state index contributed by atoms with van der Waals surface area (Å²) in [5.41, 5.74) is 0.646. The van der Waals surface area contributed by atoms with Crippen molar-refractivity contribution in [2.45, 2.75) is 39.2 Å². The van der Waals surface area contributed by atoms with Gasteiger partial charge in [0.15, 0.2) is 0 Å². The third kappa shape index (κ3) is 4.07. The van der Waals surface area contributed by atoms with E-state index in [-0.39, 0.29) is 12.1 Å². The molecule has 2 rings (SSSR count). The van der Waals surface area contributed by atoms with Crippen LogP contribution in [-0.2, 0) is 25.8 Å². The van der Waals surface area contributed by atoms with Crippen LogP contribution in [0.5, 0.6) is 0 Å². The fourth-order valence-corrected chi connectivity index (χ4v) is 2.20.